The van der Waals surface area contributed by atoms with E-state index in [0.29, 0.717) is 42.2 Å². The summed E-state index contributed by atoms with van der Waals surface area (Å²) in [5.74, 6) is -1.92. The Labute approximate surface area is 238 Å². The summed E-state index contributed by atoms with van der Waals surface area (Å²) in [6.45, 7) is 4.86. The Balaban J connectivity index is 1.39. The van der Waals surface area contributed by atoms with Gasteiger partial charge in [0.25, 0.3) is 5.91 Å². The fourth-order valence-electron chi connectivity index (χ4n) is 4.79. The molecule has 1 aliphatic rings. The third-order valence-electron chi connectivity index (χ3n) is 6.97. The fourth-order valence-corrected chi connectivity index (χ4v) is 5.45. The van der Waals surface area contributed by atoms with Crippen molar-refractivity contribution in [3.8, 4) is 16.9 Å². The minimum absolute atomic E-state index is 0.00407. The lowest BCUT2D eigenvalue weighted by molar-refractivity contribution is 0.0615. The first kappa shape index (κ1) is 28.1. The lowest BCUT2D eigenvalue weighted by Gasteiger charge is -2.34. The second kappa shape index (κ2) is 11.6. The van der Waals surface area contributed by atoms with E-state index < -0.39 is 17.7 Å². The third kappa shape index (κ3) is 5.32. The molecule has 0 radical (unpaired) electrons. The summed E-state index contributed by atoms with van der Waals surface area (Å²) in [5, 5.41) is 8.97. The van der Waals surface area contributed by atoms with E-state index in [1.165, 1.54) is 19.4 Å². The van der Waals surface area contributed by atoms with Crippen LogP contribution in [0.5, 0.6) is 5.75 Å². The van der Waals surface area contributed by atoms with Gasteiger partial charge in [0.05, 0.1) is 28.3 Å². The number of benzene rings is 2. The van der Waals surface area contributed by atoms with Crippen LogP contribution in [0.3, 0.4) is 0 Å². The summed E-state index contributed by atoms with van der Waals surface area (Å²) >= 11 is 12.1. The number of anilines is 1. The molecule has 1 amide bonds. The highest BCUT2D eigenvalue weighted by Crippen LogP contribution is 2.42. The largest absolute Gasteiger partial charge is 0.478 e. The fraction of sp³-hybridized carbons (Fsp3) is 0.286. The van der Waals surface area contributed by atoms with Crippen LogP contribution in [-0.2, 0) is 0 Å². The number of rotatable bonds is 7. The van der Waals surface area contributed by atoms with Crippen LogP contribution in [0, 0.1) is 11.6 Å². The van der Waals surface area contributed by atoms with Crippen LogP contribution >= 0.6 is 23.2 Å². The van der Waals surface area contributed by atoms with E-state index >= 15 is 0 Å². The molecule has 0 unspecified atom stereocenters. The van der Waals surface area contributed by atoms with Crippen LogP contribution in [-0.4, -0.2) is 65.1 Å². The molecule has 0 saturated carbocycles. The number of aromatic nitrogens is 1. The highest BCUT2D eigenvalue weighted by Gasteiger charge is 2.26. The first-order valence-electron chi connectivity index (χ1n) is 12.6. The topological polar surface area (TPSA) is 105 Å². The summed E-state index contributed by atoms with van der Waals surface area (Å²) in [6.07, 6.45) is 2.06. The molecule has 40 heavy (non-hydrogen) atoms. The number of furan rings is 1. The van der Waals surface area contributed by atoms with Gasteiger partial charge in [0.15, 0.2) is 11.4 Å². The molecule has 12 heteroatoms. The van der Waals surface area contributed by atoms with Crippen molar-refractivity contribution in [2.24, 2.45) is 0 Å². The van der Waals surface area contributed by atoms with Gasteiger partial charge in [-0.3, -0.25) is 9.69 Å². The summed E-state index contributed by atoms with van der Waals surface area (Å²) in [7, 11) is 0. The summed E-state index contributed by atoms with van der Waals surface area (Å²) in [6, 6.07) is 7.74. The molecular weight excluding hydrogens is 565 g/mol. The Bertz CT molecular complexity index is 1530. The number of hydrogen-bond donors (Lipinski definition) is 2. The number of aliphatic hydroxyl groups excluding tert-OH is 1. The van der Waals surface area contributed by atoms with E-state index in [1.807, 2.05) is 12.1 Å². The molecule has 4 aromatic rings. The summed E-state index contributed by atoms with van der Waals surface area (Å²) in [4.78, 5) is 21.1. The summed E-state index contributed by atoms with van der Waals surface area (Å²) < 4.78 is 40.0. The van der Waals surface area contributed by atoms with Crippen molar-refractivity contribution in [2.45, 2.75) is 13.0 Å². The maximum atomic E-state index is 14.1. The molecule has 3 N–H and O–H groups in total. The van der Waals surface area contributed by atoms with Crippen LogP contribution < -0.4 is 10.5 Å². The van der Waals surface area contributed by atoms with E-state index in [4.69, 9.17) is 43.2 Å². The monoisotopic (exact) mass is 590 g/mol. The Hall–Kier alpha value is -3.44. The number of β-amino-alcohol motifs (C(OH)–C–C–N with tert-alkyl or cyclic N) is 1. The molecule has 3 heterocycles. The molecule has 5 rings (SSSR count). The number of carbonyl (C=O) groups excluding carboxylic acids is 1. The molecule has 0 spiro atoms. The van der Waals surface area contributed by atoms with Gasteiger partial charge in [-0.25, -0.2) is 13.8 Å². The molecule has 1 atom stereocenters. The number of nitrogen functional groups attached to an aromatic ring is 1. The van der Waals surface area contributed by atoms with Crippen molar-refractivity contribution < 1.29 is 27.8 Å². The standard InChI is InChI=1S/C28H26Cl2F2N4O4/c1-15(22-23(29)20(31)12-21(32)24(22)30)40-26-25-18(13-34-27(26)33)19(14-39-25)16-2-4-17(5-3-16)28(38)36-8-6-35(7-9-36)10-11-37/h2-5,12-15,37H,6-11H2,1H3,(H2,33,34)/t15-/m1/s1. The molecule has 0 aliphatic carbocycles. The summed E-state index contributed by atoms with van der Waals surface area (Å²) in [5.41, 5.74) is 8.30. The van der Waals surface area contributed by atoms with Gasteiger partial charge in [-0.1, -0.05) is 35.3 Å². The average Bonchev–Trinajstić information content (AvgIpc) is 3.38. The van der Waals surface area contributed by atoms with E-state index in [9.17, 15) is 13.6 Å². The predicted octanol–water partition coefficient (Wildman–Crippen LogP) is 5.55. The normalized spacial score (nSPS) is 15.0. The third-order valence-corrected chi connectivity index (χ3v) is 7.73. The van der Waals surface area contributed by atoms with Crippen LogP contribution in [0.15, 0.2) is 47.2 Å². The van der Waals surface area contributed by atoms with Gasteiger partial charge in [0.2, 0.25) is 5.75 Å². The minimum atomic E-state index is -0.996. The number of carbonyl (C=O) groups is 1. The van der Waals surface area contributed by atoms with Gasteiger partial charge < -0.3 is 24.9 Å². The van der Waals surface area contributed by atoms with E-state index in [-0.39, 0.29) is 45.3 Å². The van der Waals surface area contributed by atoms with Gasteiger partial charge in [-0.05, 0) is 24.6 Å². The van der Waals surface area contributed by atoms with Gasteiger partial charge in [0, 0.05) is 61.7 Å². The van der Waals surface area contributed by atoms with Gasteiger partial charge in [0.1, 0.15) is 17.7 Å². The zero-order valence-electron chi connectivity index (χ0n) is 21.5. The van der Waals surface area contributed by atoms with Gasteiger partial charge >= 0.3 is 0 Å². The number of nitrogens with zero attached hydrogens (tertiary/aromatic N) is 3. The molecule has 2 aromatic heterocycles. The van der Waals surface area contributed by atoms with E-state index in [2.05, 4.69) is 9.88 Å². The number of piperazine rings is 1. The Morgan fingerprint density at radius 1 is 1.15 bits per heavy atom. The number of amides is 1. The molecule has 0 bridgehead atoms. The maximum absolute atomic E-state index is 14.1. The zero-order chi connectivity index (χ0) is 28.6. The van der Waals surface area contributed by atoms with Crippen LogP contribution in [0.4, 0.5) is 14.6 Å². The molecule has 210 valence electrons. The van der Waals surface area contributed by atoms with E-state index in [1.54, 1.807) is 17.0 Å². The van der Waals surface area contributed by atoms with E-state index in [0.717, 1.165) is 18.7 Å². The quantitative estimate of drug-likeness (QED) is 0.272. The number of pyridine rings is 1. The molecule has 1 aliphatic heterocycles. The molecule has 1 fully saturated rings. The number of halogens is 4. The smallest absolute Gasteiger partial charge is 0.253 e. The van der Waals surface area contributed by atoms with Crippen LogP contribution in [0.25, 0.3) is 22.1 Å². The predicted molar refractivity (Wildman–Crippen MR) is 149 cm³/mol. The van der Waals surface area contributed by atoms with Crippen molar-refractivity contribution in [3.05, 3.63) is 75.6 Å². The maximum Gasteiger partial charge on any atom is 0.253 e. The number of aliphatic hydroxyl groups is 1. The molecule has 1 saturated heterocycles. The molecule has 8 nitrogen and oxygen atoms in total. The van der Waals surface area contributed by atoms with Crippen LogP contribution in [0.2, 0.25) is 10.0 Å². The van der Waals surface area contributed by atoms with Gasteiger partial charge in [-0.15, -0.1) is 0 Å². The zero-order valence-corrected chi connectivity index (χ0v) is 23.0. The molecule has 2 aromatic carbocycles. The highest BCUT2D eigenvalue weighted by molar-refractivity contribution is 6.36. The molecular formula is C28H26Cl2F2N4O4. The first-order chi connectivity index (χ1) is 19.2. The average molecular weight is 591 g/mol. The number of ether oxygens (including phenoxy) is 1. The van der Waals surface area contributed by atoms with Crippen molar-refractivity contribution in [2.75, 3.05) is 45.1 Å². The SMILES string of the molecule is C[C@@H](Oc1c(N)ncc2c(-c3ccc(C(=O)N4CCN(CCO)CC4)cc3)coc12)c1c(Cl)c(F)cc(F)c1Cl. The van der Waals surface area contributed by atoms with Crippen molar-refractivity contribution in [1.29, 1.82) is 0 Å². The minimum Gasteiger partial charge on any atom is -0.478 e. The van der Waals surface area contributed by atoms with Crippen molar-refractivity contribution >= 4 is 45.9 Å². The lowest BCUT2D eigenvalue weighted by atomic mass is 10.0. The van der Waals surface area contributed by atoms with Crippen molar-refractivity contribution in [1.82, 2.24) is 14.8 Å². The Morgan fingerprint density at radius 3 is 2.42 bits per heavy atom. The number of nitrogens with two attached hydrogens (primary N) is 1. The number of hydrogen-bond acceptors (Lipinski definition) is 7. The van der Waals surface area contributed by atoms with Crippen molar-refractivity contribution in [3.63, 3.8) is 0 Å². The van der Waals surface area contributed by atoms with Crippen LogP contribution in [0.1, 0.15) is 28.9 Å². The highest BCUT2D eigenvalue weighted by atomic mass is 35.5. The number of fused-ring (bicyclic) bond motifs is 1. The lowest BCUT2D eigenvalue weighted by Crippen LogP contribution is -2.49. The Kier molecular flexibility index (Phi) is 8.14. The first-order valence-corrected chi connectivity index (χ1v) is 13.3. The second-order valence-corrected chi connectivity index (χ2v) is 10.2. The second-order valence-electron chi connectivity index (χ2n) is 9.44. The Morgan fingerprint density at radius 2 is 1.80 bits per heavy atom. The van der Waals surface area contributed by atoms with Gasteiger partial charge in [-0.2, -0.15) is 0 Å².